The third kappa shape index (κ3) is 2.88. The average molecular weight is 326 g/mol. The Morgan fingerprint density at radius 1 is 1.30 bits per heavy atom. The highest BCUT2D eigenvalue weighted by atomic mass is 35.5. The van der Waals surface area contributed by atoms with Gasteiger partial charge in [-0.1, -0.05) is 12.1 Å². The zero-order chi connectivity index (χ0) is 15.2. The molecule has 20 heavy (non-hydrogen) atoms. The van der Waals surface area contributed by atoms with Crippen LogP contribution in [0.5, 0.6) is 0 Å². The molecule has 1 aliphatic rings. The minimum Gasteiger partial charge on any atom is -0.351 e. The number of carbonyl (C=O) groups excluding carboxylic acids is 1. The van der Waals surface area contributed by atoms with Crippen LogP contribution in [0.15, 0.2) is 24.3 Å². The van der Waals surface area contributed by atoms with Crippen LogP contribution in [0.1, 0.15) is 24.5 Å². The molecule has 110 valence electrons. The molecular weight excluding hydrogens is 314 g/mol. The molecule has 0 aromatic heterocycles. The fourth-order valence-electron chi connectivity index (χ4n) is 1.84. The summed E-state index contributed by atoms with van der Waals surface area (Å²) >= 11 is 11.8. The van der Waals surface area contributed by atoms with E-state index in [9.17, 15) is 18.0 Å². The maximum absolute atomic E-state index is 12.4. The summed E-state index contributed by atoms with van der Waals surface area (Å²) in [6.45, 7) is 1.78. The number of carbonyl (C=O) groups is 1. The van der Waals surface area contributed by atoms with Gasteiger partial charge >= 0.3 is 6.18 Å². The van der Waals surface area contributed by atoms with E-state index in [1.807, 2.05) is 0 Å². The summed E-state index contributed by atoms with van der Waals surface area (Å²) in [5.74, 6) is -0.303. The fourth-order valence-corrected chi connectivity index (χ4v) is 2.54. The molecule has 1 N–H and O–H groups in total. The van der Waals surface area contributed by atoms with Crippen molar-refractivity contribution in [2.24, 2.45) is 5.41 Å². The lowest BCUT2D eigenvalue weighted by Crippen LogP contribution is -2.32. The van der Waals surface area contributed by atoms with Gasteiger partial charge in [0.1, 0.15) is 4.33 Å². The Labute approximate surface area is 124 Å². The summed E-state index contributed by atoms with van der Waals surface area (Å²) in [7, 11) is 0. The number of amides is 1. The van der Waals surface area contributed by atoms with Gasteiger partial charge in [-0.15, -0.1) is 23.2 Å². The molecule has 7 heteroatoms. The van der Waals surface area contributed by atoms with Crippen LogP contribution < -0.4 is 5.32 Å². The number of hydrogen-bond donors (Lipinski definition) is 1. The van der Waals surface area contributed by atoms with Crippen LogP contribution in [0.2, 0.25) is 0 Å². The number of benzene rings is 1. The van der Waals surface area contributed by atoms with Gasteiger partial charge in [0.25, 0.3) is 0 Å². The molecule has 1 saturated carbocycles. The van der Waals surface area contributed by atoms with Crippen molar-refractivity contribution in [3.05, 3.63) is 35.4 Å². The van der Waals surface area contributed by atoms with Crippen LogP contribution in [-0.4, -0.2) is 10.2 Å². The molecule has 0 spiro atoms. The third-order valence-electron chi connectivity index (χ3n) is 3.49. The minimum atomic E-state index is -4.36. The Balaban J connectivity index is 1.94. The molecule has 1 aromatic carbocycles. The first-order valence-electron chi connectivity index (χ1n) is 5.88. The van der Waals surface area contributed by atoms with E-state index in [0.717, 1.165) is 12.1 Å². The van der Waals surface area contributed by atoms with E-state index in [1.54, 1.807) is 6.92 Å². The summed E-state index contributed by atoms with van der Waals surface area (Å²) in [5, 5.41) is 2.63. The fraction of sp³-hybridized carbons (Fsp3) is 0.462. The normalized spacial score (nSPS) is 24.3. The Morgan fingerprint density at radius 2 is 1.80 bits per heavy atom. The van der Waals surface area contributed by atoms with E-state index >= 15 is 0 Å². The van der Waals surface area contributed by atoms with Crippen LogP contribution in [0.25, 0.3) is 0 Å². The second-order valence-electron chi connectivity index (χ2n) is 5.09. The minimum absolute atomic E-state index is 0.135. The summed E-state index contributed by atoms with van der Waals surface area (Å²) in [4.78, 5) is 11.9. The van der Waals surface area contributed by atoms with Crippen molar-refractivity contribution >= 4 is 29.1 Å². The lowest BCUT2D eigenvalue weighted by Gasteiger charge is -2.13. The molecule has 0 bridgehead atoms. The maximum Gasteiger partial charge on any atom is 0.416 e. The summed E-state index contributed by atoms with van der Waals surface area (Å²) in [6, 6.07) is 4.61. The van der Waals surface area contributed by atoms with Gasteiger partial charge in [0.05, 0.1) is 11.0 Å². The summed E-state index contributed by atoms with van der Waals surface area (Å²) in [6.07, 6.45) is -4.00. The SMILES string of the molecule is CC1(C(=O)NCc2ccc(C(F)(F)F)cc2)CC1(Cl)Cl. The standard InChI is InChI=1S/C13H12Cl2F3NO/c1-11(7-12(11,14)15)10(20)19-6-8-2-4-9(5-3-8)13(16,17)18/h2-5H,6-7H2,1H3,(H,19,20). The molecule has 0 heterocycles. The number of rotatable bonds is 3. The van der Waals surface area contributed by atoms with Crippen molar-refractivity contribution < 1.29 is 18.0 Å². The van der Waals surface area contributed by atoms with Gasteiger partial charge in [0, 0.05) is 6.54 Å². The first-order chi connectivity index (χ1) is 9.06. The van der Waals surface area contributed by atoms with E-state index in [2.05, 4.69) is 5.32 Å². The van der Waals surface area contributed by atoms with E-state index in [0.29, 0.717) is 12.0 Å². The van der Waals surface area contributed by atoms with E-state index in [-0.39, 0.29) is 12.5 Å². The van der Waals surface area contributed by atoms with E-state index in [4.69, 9.17) is 23.2 Å². The largest absolute Gasteiger partial charge is 0.416 e. The molecule has 1 fully saturated rings. The molecule has 1 unspecified atom stereocenters. The van der Waals surface area contributed by atoms with Gasteiger partial charge in [-0.2, -0.15) is 13.2 Å². The highest BCUT2D eigenvalue weighted by molar-refractivity contribution is 6.53. The maximum atomic E-state index is 12.4. The van der Waals surface area contributed by atoms with Crippen LogP contribution >= 0.6 is 23.2 Å². The highest BCUT2D eigenvalue weighted by Crippen LogP contribution is 2.63. The smallest absolute Gasteiger partial charge is 0.351 e. The molecule has 1 aliphatic carbocycles. The highest BCUT2D eigenvalue weighted by Gasteiger charge is 2.67. The van der Waals surface area contributed by atoms with Gasteiger partial charge in [-0.05, 0) is 31.0 Å². The molecule has 0 saturated heterocycles. The number of hydrogen-bond acceptors (Lipinski definition) is 1. The number of halogens is 5. The zero-order valence-corrected chi connectivity index (χ0v) is 12.0. The molecule has 1 atom stereocenters. The van der Waals surface area contributed by atoms with Crippen molar-refractivity contribution in [3.63, 3.8) is 0 Å². The third-order valence-corrected chi connectivity index (χ3v) is 4.59. The Bertz CT molecular complexity index is 527. The molecule has 1 amide bonds. The first-order valence-corrected chi connectivity index (χ1v) is 6.64. The Kier molecular flexibility index (Phi) is 3.71. The molecule has 2 nitrogen and oxygen atoms in total. The Hall–Kier alpha value is -0.940. The van der Waals surface area contributed by atoms with Crippen molar-refractivity contribution in [2.45, 2.75) is 30.4 Å². The number of nitrogens with one attached hydrogen (secondary N) is 1. The van der Waals surface area contributed by atoms with Crippen LogP contribution in [0.3, 0.4) is 0 Å². The summed E-state index contributed by atoms with van der Waals surface area (Å²) in [5.41, 5.74) is -0.977. The van der Waals surface area contributed by atoms with E-state index < -0.39 is 21.5 Å². The predicted molar refractivity (Wildman–Crippen MR) is 70.5 cm³/mol. The number of alkyl halides is 5. The van der Waals surface area contributed by atoms with Gasteiger partial charge < -0.3 is 5.32 Å². The van der Waals surface area contributed by atoms with Crippen molar-refractivity contribution in [1.29, 1.82) is 0 Å². The van der Waals surface area contributed by atoms with Crippen molar-refractivity contribution in [1.82, 2.24) is 5.32 Å². The molecule has 0 aliphatic heterocycles. The monoisotopic (exact) mass is 325 g/mol. The Morgan fingerprint density at radius 3 is 2.20 bits per heavy atom. The lowest BCUT2D eigenvalue weighted by atomic mass is 10.1. The molecular formula is C13H12Cl2F3NO. The van der Waals surface area contributed by atoms with Gasteiger partial charge in [0.15, 0.2) is 0 Å². The van der Waals surface area contributed by atoms with Crippen LogP contribution in [0, 0.1) is 5.41 Å². The van der Waals surface area contributed by atoms with Crippen LogP contribution in [-0.2, 0) is 17.5 Å². The van der Waals surface area contributed by atoms with Gasteiger partial charge in [0.2, 0.25) is 5.91 Å². The van der Waals surface area contributed by atoms with Crippen molar-refractivity contribution in [2.75, 3.05) is 0 Å². The first kappa shape index (κ1) is 15.4. The quantitative estimate of drug-likeness (QED) is 0.839. The summed E-state index contributed by atoms with van der Waals surface area (Å²) < 4.78 is 36.1. The van der Waals surface area contributed by atoms with Gasteiger partial charge in [-0.3, -0.25) is 4.79 Å². The van der Waals surface area contributed by atoms with Crippen LogP contribution in [0.4, 0.5) is 13.2 Å². The average Bonchev–Trinajstić information content (AvgIpc) is 2.86. The van der Waals surface area contributed by atoms with Gasteiger partial charge in [-0.25, -0.2) is 0 Å². The lowest BCUT2D eigenvalue weighted by molar-refractivity contribution is -0.137. The molecule has 0 radical (unpaired) electrons. The predicted octanol–water partition coefficient (Wildman–Crippen LogP) is 3.91. The second kappa shape index (κ2) is 4.81. The van der Waals surface area contributed by atoms with Crippen molar-refractivity contribution in [3.8, 4) is 0 Å². The molecule has 1 aromatic rings. The molecule has 2 rings (SSSR count). The zero-order valence-electron chi connectivity index (χ0n) is 10.5. The topological polar surface area (TPSA) is 29.1 Å². The van der Waals surface area contributed by atoms with E-state index in [1.165, 1.54) is 12.1 Å². The second-order valence-corrected chi connectivity index (χ2v) is 6.57.